The van der Waals surface area contributed by atoms with Gasteiger partial charge in [-0.25, -0.2) is 4.79 Å². The third-order valence-corrected chi connectivity index (χ3v) is 4.56. The summed E-state index contributed by atoms with van der Waals surface area (Å²) in [4.78, 5) is 55.7. The molecule has 202 valence electrons. The first kappa shape index (κ1) is 32.5. The monoisotopic (exact) mass is 512 g/mol. The Morgan fingerprint density at radius 3 is 2.00 bits per heavy atom. The van der Waals surface area contributed by atoms with Gasteiger partial charge in [-0.15, -0.1) is 0 Å². The number of esters is 2. The summed E-state index contributed by atoms with van der Waals surface area (Å²) in [6.07, 6.45) is -0.687. The van der Waals surface area contributed by atoms with Crippen LogP contribution >= 0.6 is 0 Å². The minimum absolute atomic E-state index is 0.138. The molecule has 0 saturated heterocycles. The molecule has 5 N–H and O–H groups in total. The van der Waals surface area contributed by atoms with Crippen LogP contribution in [0.3, 0.4) is 0 Å². The molecular weight excluding hydrogens is 474 g/mol. The van der Waals surface area contributed by atoms with E-state index in [0.717, 1.165) is 5.56 Å². The Labute approximate surface area is 210 Å². The maximum absolute atomic E-state index is 11.8. The van der Waals surface area contributed by atoms with E-state index < -0.39 is 48.4 Å². The molecule has 0 radical (unpaired) electrons. The number of hydrogen-bond donors (Lipinski definition) is 4. The molecule has 0 fully saturated rings. The number of aliphatic carboxylic acids is 2. The van der Waals surface area contributed by atoms with Crippen LogP contribution in [0.1, 0.15) is 31.7 Å². The van der Waals surface area contributed by atoms with Gasteiger partial charge in [-0.1, -0.05) is 37.3 Å². The summed E-state index contributed by atoms with van der Waals surface area (Å²) >= 11 is 0. The van der Waals surface area contributed by atoms with Gasteiger partial charge in [0.25, 0.3) is 0 Å². The largest absolute Gasteiger partial charge is 0.481 e. The van der Waals surface area contributed by atoms with E-state index in [9.17, 15) is 24.0 Å². The van der Waals surface area contributed by atoms with E-state index >= 15 is 0 Å². The zero-order valence-electron chi connectivity index (χ0n) is 21.4. The molecule has 1 aromatic rings. The molecular formula is C24H38N3O9+. The van der Waals surface area contributed by atoms with Crippen LogP contribution in [0.4, 0.5) is 0 Å². The van der Waals surface area contributed by atoms with E-state index in [1.807, 2.05) is 39.3 Å². The van der Waals surface area contributed by atoms with Gasteiger partial charge in [0.2, 0.25) is 5.91 Å². The van der Waals surface area contributed by atoms with Crippen LogP contribution < -0.4 is 11.1 Å². The number of nitrogens with two attached hydrogens (primary N) is 1. The van der Waals surface area contributed by atoms with Crippen molar-refractivity contribution in [2.45, 2.75) is 50.8 Å². The molecule has 0 spiro atoms. The van der Waals surface area contributed by atoms with Gasteiger partial charge >= 0.3 is 23.9 Å². The molecule has 36 heavy (non-hydrogen) atoms. The van der Waals surface area contributed by atoms with E-state index in [-0.39, 0.29) is 25.2 Å². The van der Waals surface area contributed by atoms with Gasteiger partial charge in [-0.2, -0.15) is 0 Å². The van der Waals surface area contributed by atoms with Crippen LogP contribution in [-0.4, -0.2) is 97.5 Å². The van der Waals surface area contributed by atoms with Gasteiger partial charge in [-0.05, 0) is 5.56 Å². The number of benzene rings is 1. The van der Waals surface area contributed by atoms with Crippen molar-refractivity contribution in [2.75, 3.05) is 34.8 Å². The van der Waals surface area contributed by atoms with Gasteiger partial charge < -0.3 is 35.2 Å². The summed E-state index contributed by atoms with van der Waals surface area (Å²) in [5.74, 6) is -3.80. The van der Waals surface area contributed by atoms with E-state index in [1.54, 1.807) is 19.1 Å². The summed E-state index contributed by atoms with van der Waals surface area (Å²) in [5, 5.41) is 19.7. The number of likely N-dealkylation sites (N-methyl/N-ethyl adjacent to an activating group) is 1. The van der Waals surface area contributed by atoms with Gasteiger partial charge in [0, 0.05) is 12.8 Å². The molecule has 0 unspecified atom stereocenters. The van der Waals surface area contributed by atoms with Crippen LogP contribution in [-0.2, 0) is 39.9 Å². The van der Waals surface area contributed by atoms with Crippen molar-refractivity contribution < 1.29 is 48.1 Å². The van der Waals surface area contributed by atoms with Crippen molar-refractivity contribution in [3.63, 3.8) is 0 Å². The molecule has 1 amide bonds. The summed E-state index contributed by atoms with van der Waals surface area (Å²) in [5.41, 5.74) is 6.29. The molecule has 0 bridgehead atoms. The molecule has 0 heterocycles. The number of carbonyl (C=O) groups excluding carboxylic acids is 3. The standard InChI is InChI=1S/C14H18N2O5.C10H19NO4/c1-21-14(20)11(7-9-5-3-2-4-6-9)16-13(19)10(15)8-12(17)18;1-5-10(14)15-8(6-9(12)13)7-11(2,3)4/h2-6,10-11H,7-8,15H2,1H3,(H,16,19)(H,17,18);8H,5-7H2,1-4H3/p+1/t10-,11+;8-/m11/s1. The fourth-order valence-corrected chi connectivity index (χ4v) is 2.96. The highest BCUT2D eigenvalue weighted by Gasteiger charge is 2.26. The summed E-state index contributed by atoms with van der Waals surface area (Å²) in [6.45, 7) is 2.18. The number of ether oxygens (including phenoxy) is 2. The van der Waals surface area contributed by atoms with Gasteiger partial charge in [0.1, 0.15) is 12.6 Å². The van der Waals surface area contributed by atoms with Crippen LogP contribution in [0.15, 0.2) is 30.3 Å². The van der Waals surface area contributed by atoms with Crippen molar-refractivity contribution in [3.05, 3.63) is 35.9 Å². The topological polar surface area (TPSA) is 182 Å². The second-order valence-electron chi connectivity index (χ2n) is 9.01. The molecule has 0 aromatic heterocycles. The number of hydrogen-bond acceptors (Lipinski definition) is 8. The lowest BCUT2D eigenvalue weighted by molar-refractivity contribution is -0.873. The zero-order valence-corrected chi connectivity index (χ0v) is 21.4. The Morgan fingerprint density at radius 1 is 1.00 bits per heavy atom. The highest BCUT2D eigenvalue weighted by molar-refractivity contribution is 5.89. The number of carbonyl (C=O) groups is 5. The number of nitrogens with zero attached hydrogens (tertiary/aromatic N) is 1. The SMILES string of the molecule is CCC(=O)O[C@H](CC(=O)O)C[N+](C)(C)C.COC(=O)[C@H](Cc1ccccc1)NC(=O)[C@H](N)CC(=O)O. The van der Waals surface area contributed by atoms with E-state index in [2.05, 4.69) is 10.1 Å². The Hall–Kier alpha value is -3.51. The van der Waals surface area contributed by atoms with Crippen molar-refractivity contribution in [2.24, 2.45) is 5.73 Å². The second kappa shape index (κ2) is 16.2. The number of quaternary nitrogens is 1. The van der Waals surface area contributed by atoms with Crippen LogP contribution in [0, 0.1) is 0 Å². The fourth-order valence-electron chi connectivity index (χ4n) is 2.96. The van der Waals surface area contributed by atoms with Gasteiger partial charge in [-0.3, -0.25) is 19.2 Å². The fraction of sp³-hybridized carbons (Fsp3) is 0.542. The van der Waals surface area contributed by atoms with Crippen molar-refractivity contribution in [1.29, 1.82) is 0 Å². The first-order chi connectivity index (χ1) is 16.7. The summed E-state index contributed by atoms with van der Waals surface area (Å²) in [6, 6.07) is 6.93. The Balaban J connectivity index is 0.000000723. The smallest absolute Gasteiger partial charge is 0.328 e. The van der Waals surface area contributed by atoms with Crippen molar-refractivity contribution >= 4 is 29.8 Å². The average Bonchev–Trinajstić information content (AvgIpc) is 2.77. The molecule has 1 aromatic carbocycles. The first-order valence-electron chi connectivity index (χ1n) is 11.3. The number of carboxylic acid groups (broad SMARTS) is 2. The molecule has 12 nitrogen and oxygen atoms in total. The quantitative estimate of drug-likeness (QED) is 0.210. The van der Waals surface area contributed by atoms with Crippen LogP contribution in [0.25, 0.3) is 0 Å². The Bertz CT molecular complexity index is 869. The zero-order chi connectivity index (χ0) is 27.9. The van der Waals surface area contributed by atoms with E-state index in [0.29, 0.717) is 11.0 Å². The molecule has 3 atom stereocenters. The van der Waals surface area contributed by atoms with Crippen LogP contribution in [0.2, 0.25) is 0 Å². The minimum atomic E-state index is -1.22. The van der Waals surface area contributed by atoms with Crippen molar-refractivity contribution in [3.8, 4) is 0 Å². The lowest BCUT2D eigenvalue weighted by Crippen LogP contribution is -2.50. The van der Waals surface area contributed by atoms with Crippen LogP contribution in [0.5, 0.6) is 0 Å². The molecule has 0 saturated carbocycles. The molecule has 0 aliphatic rings. The van der Waals surface area contributed by atoms with E-state index in [4.69, 9.17) is 20.7 Å². The molecule has 12 heteroatoms. The molecule has 0 aliphatic heterocycles. The molecule has 1 rings (SSSR count). The maximum Gasteiger partial charge on any atom is 0.328 e. The Morgan fingerprint density at radius 2 is 1.56 bits per heavy atom. The number of amides is 1. The normalized spacial score (nSPS) is 13.2. The third kappa shape index (κ3) is 15.4. The predicted molar refractivity (Wildman–Crippen MR) is 130 cm³/mol. The van der Waals surface area contributed by atoms with Crippen molar-refractivity contribution in [1.82, 2.24) is 5.32 Å². The highest BCUT2D eigenvalue weighted by atomic mass is 16.5. The first-order valence-corrected chi connectivity index (χ1v) is 11.3. The van der Waals surface area contributed by atoms with Gasteiger partial charge in [0.05, 0.1) is 47.1 Å². The summed E-state index contributed by atoms with van der Waals surface area (Å²) < 4.78 is 10.3. The average molecular weight is 513 g/mol. The lowest BCUT2D eigenvalue weighted by atomic mass is 10.1. The predicted octanol–water partition coefficient (Wildman–Crippen LogP) is 0.178. The van der Waals surface area contributed by atoms with Gasteiger partial charge in [0.15, 0.2) is 6.10 Å². The third-order valence-electron chi connectivity index (χ3n) is 4.56. The maximum atomic E-state index is 11.8. The number of methoxy groups -OCH3 is 1. The Kier molecular flexibility index (Phi) is 14.6. The minimum Gasteiger partial charge on any atom is -0.481 e. The highest BCUT2D eigenvalue weighted by Crippen LogP contribution is 2.07. The number of nitrogens with one attached hydrogen (secondary N) is 1. The summed E-state index contributed by atoms with van der Waals surface area (Å²) in [7, 11) is 6.99. The lowest BCUT2D eigenvalue weighted by Gasteiger charge is -2.28. The second-order valence-corrected chi connectivity index (χ2v) is 9.01. The molecule has 0 aliphatic carbocycles. The van der Waals surface area contributed by atoms with E-state index in [1.165, 1.54) is 7.11 Å². The number of carboxylic acids is 2. The number of rotatable bonds is 13.